The van der Waals surface area contributed by atoms with E-state index in [0.29, 0.717) is 29.9 Å². The summed E-state index contributed by atoms with van der Waals surface area (Å²) in [7, 11) is -4.38. The molecule has 1 saturated heterocycles. The molecule has 1 N–H and O–H groups in total. The van der Waals surface area contributed by atoms with Gasteiger partial charge in [-0.3, -0.25) is 13.9 Å². The minimum atomic E-state index is -4.70. The first-order valence-corrected chi connectivity index (χ1v) is 13.8. The van der Waals surface area contributed by atoms with Crippen molar-refractivity contribution in [2.45, 2.75) is 43.9 Å². The Kier molecular flexibility index (Phi) is 8.29. The molecule has 0 bridgehead atoms. The van der Waals surface area contributed by atoms with Crippen LogP contribution in [0.25, 0.3) is 0 Å². The molecule has 1 fully saturated rings. The smallest absolute Gasteiger partial charge is 0.350 e. The normalized spacial score (nSPS) is 13.9. The number of rotatable bonds is 9. The van der Waals surface area contributed by atoms with Gasteiger partial charge in [-0.05, 0) is 54.8 Å². The number of anilines is 1. The first kappa shape index (κ1) is 28.2. The van der Waals surface area contributed by atoms with E-state index < -0.39 is 34.2 Å². The Bertz CT molecular complexity index is 1460. The van der Waals surface area contributed by atoms with Gasteiger partial charge >= 0.3 is 6.18 Å². The number of likely N-dealkylation sites (tertiary alicyclic amines) is 1. The van der Waals surface area contributed by atoms with E-state index in [1.807, 2.05) is 12.1 Å². The van der Waals surface area contributed by atoms with Crippen molar-refractivity contribution in [1.29, 1.82) is 0 Å². The van der Waals surface area contributed by atoms with Crippen LogP contribution in [0.15, 0.2) is 77.7 Å². The van der Waals surface area contributed by atoms with Crippen LogP contribution in [-0.4, -0.2) is 38.2 Å². The third kappa shape index (κ3) is 6.78. The van der Waals surface area contributed by atoms with Crippen molar-refractivity contribution in [2.24, 2.45) is 0 Å². The molecular formula is C28H28F3N3O4S. The van der Waals surface area contributed by atoms with Crippen molar-refractivity contribution < 1.29 is 31.2 Å². The second-order valence-corrected chi connectivity index (χ2v) is 11.2. The lowest BCUT2D eigenvalue weighted by molar-refractivity contribution is -0.137. The molecule has 11 heteroatoms. The lowest BCUT2D eigenvalue weighted by atomic mass is 10.1. The number of amides is 2. The number of alkyl halides is 3. The monoisotopic (exact) mass is 559 g/mol. The van der Waals surface area contributed by atoms with Gasteiger partial charge in [-0.15, -0.1) is 0 Å². The largest absolute Gasteiger partial charge is 0.416 e. The summed E-state index contributed by atoms with van der Waals surface area (Å²) in [5, 5.41) is 2.68. The molecule has 2 amide bonds. The van der Waals surface area contributed by atoms with Gasteiger partial charge in [-0.2, -0.15) is 13.2 Å². The molecule has 7 nitrogen and oxygen atoms in total. The predicted octanol–water partition coefficient (Wildman–Crippen LogP) is 4.65. The van der Waals surface area contributed by atoms with Crippen LogP contribution in [-0.2, 0) is 38.9 Å². The average Bonchev–Trinajstić information content (AvgIpc) is 3.30. The second kappa shape index (κ2) is 11.5. The van der Waals surface area contributed by atoms with Gasteiger partial charge in [0.2, 0.25) is 11.8 Å². The molecule has 3 aromatic carbocycles. The van der Waals surface area contributed by atoms with Gasteiger partial charge in [0.1, 0.15) is 6.54 Å². The highest BCUT2D eigenvalue weighted by Crippen LogP contribution is 2.33. The molecule has 0 radical (unpaired) electrons. The van der Waals surface area contributed by atoms with Gasteiger partial charge < -0.3 is 10.2 Å². The summed E-state index contributed by atoms with van der Waals surface area (Å²) in [4.78, 5) is 26.7. The van der Waals surface area contributed by atoms with Gasteiger partial charge in [-0.25, -0.2) is 8.42 Å². The van der Waals surface area contributed by atoms with Crippen molar-refractivity contribution in [3.05, 3.63) is 95.1 Å². The predicted molar refractivity (Wildman–Crippen MR) is 140 cm³/mol. The topological polar surface area (TPSA) is 86.8 Å². The van der Waals surface area contributed by atoms with E-state index in [9.17, 15) is 31.2 Å². The van der Waals surface area contributed by atoms with Gasteiger partial charge in [0.05, 0.1) is 16.1 Å². The first-order chi connectivity index (χ1) is 18.4. The number of halogens is 3. The highest BCUT2D eigenvalue weighted by Gasteiger charge is 2.33. The third-order valence-electron chi connectivity index (χ3n) is 6.48. The molecule has 1 heterocycles. The van der Waals surface area contributed by atoms with E-state index >= 15 is 0 Å². The fourth-order valence-electron chi connectivity index (χ4n) is 4.33. The first-order valence-electron chi connectivity index (χ1n) is 12.3. The number of carbonyl (C=O) groups is 2. The Labute approximate surface area is 225 Å². The maximum atomic E-state index is 13.5. The van der Waals surface area contributed by atoms with E-state index in [0.717, 1.165) is 35.2 Å². The number of aryl methyl sites for hydroxylation is 1. The molecule has 0 saturated carbocycles. The number of carbonyl (C=O) groups excluding carboxylic acids is 2. The van der Waals surface area contributed by atoms with E-state index in [-0.39, 0.29) is 23.0 Å². The number of hydrogen-bond acceptors (Lipinski definition) is 4. The lowest BCUT2D eigenvalue weighted by Gasteiger charge is -2.25. The second-order valence-electron chi connectivity index (χ2n) is 9.34. The van der Waals surface area contributed by atoms with E-state index in [4.69, 9.17) is 0 Å². The standard InChI is InChI=1S/C28H28F3N3O4S/c1-20-11-13-25(14-12-20)39(37,38)34(24-9-4-8-23(16-24)28(29,30)31)19-26(35)32-17-21-6-2-3-7-22(21)18-33-15-5-10-27(33)36/h2-4,6-9,11-14,16H,5,10,15,17-19H2,1H3,(H,32,35). The fraction of sp³-hybridized carbons (Fsp3) is 0.286. The zero-order valence-electron chi connectivity index (χ0n) is 21.2. The van der Waals surface area contributed by atoms with Crippen molar-refractivity contribution in [3.63, 3.8) is 0 Å². The molecular weight excluding hydrogens is 531 g/mol. The fourth-order valence-corrected chi connectivity index (χ4v) is 5.74. The van der Waals surface area contributed by atoms with E-state index in [1.54, 1.807) is 36.1 Å². The summed E-state index contributed by atoms with van der Waals surface area (Å²) >= 11 is 0. The Morgan fingerprint density at radius 1 is 1.00 bits per heavy atom. The van der Waals surface area contributed by atoms with Crippen LogP contribution in [0.2, 0.25) is 0 Å². The summed E-state index contributed by atoms with van der Waals surface area (Å²) < 4.78 is 67.9. The molecule has 1 aliphatic heterocycles. The zero-order valence-corrected chi connectivity index (χ0v) is 22.1. The highest BCUT2D eigenvalue weighted by molar-refractivity contribution is 7.92. The highest BCUT2D eigenvalue weighted by atomic mass is 32.2. The van der Waals surface area contributed by atoms with Gasteiger partial charge in [0, 0.05) is 26.1 Å². The molecule has 0 aliphatic carbocycles. The maximum Gasteiger partial charge on any atom is 0.416 e. The molecule has 0 aromatic heterocycles. The zero-order chi connectivity index (χ0) is 28.2. The summed E-state index contributed by atoms with van der Waals surface area (Å²) in [6, 6.07) is 17.0. The van der Waals surface area contributed by atoms with Crippen molar-refractivity contribution in [3.8, 4) is 0 Å². The SMILES string of the molecule is Cc1ccc(S(=O)(=O)N(CC(=O)NCc2ccccc2CN2CCCC2=O)c2cccc(C(F)(F)F)c2)cc1. The lowest BCUT2D eigenvalue weighted by Crippen LogP contribution is -2.41. The van der Waals surface area contributed by atoms with Crippen LogP contribution in [0.5, 0.6) is 0 Å². The summed E-state index contributed by atoms with van der Waals surface area (Å²) in [6.07, 6.45) is -3.41. The molecule has 0 unspecified atom stereocenters. The van der Waals surface area contributed by atoms with Crippen LogP contribution >= 0.6 is 0 Å². The Balaban J connectivity index is 1.57. The van der Waals surface area contributed by atoms with Crippen molar-refractivity contribution in [1.82, 2.24) is 10.2 Å². The molecule has 3 aromatic rings. The van der Waals surface area contributed by atoms with Crippen LogP contribution < -0.4 is 9.62 Å². The molecule has 1 aliphatic rings. The average molecular weight is 560 g/mol. The molecule has 0 atom stereocenters. The third-order valence-corrected chi connectivity index (χ3v) is 8.27. The molecule has 0 spiro atoms. The number of benzene rings is 3. The molecule has 4 rings (SSSR count). The Morgan fingerprint density at radius 2 is 1.69 bits per heavy atom. The number of sulfonamides is 1. The van der Waals surface area contributed by atoms with Crippen molar-refractivity contribution >= 4 is 27.5 Å². The minimum Gasteiger partial charge on any atom is -0.350 e. The molecule has 206 valence electrons. The van der Waals surface area contributed by atoms with Gasteiger partial charge in [0.15, 0.2) is 0 Å². The van der Waals surface area contributed by atoms with Gasteiger partial charge in [0.25, 0.3) is 10.0 Å². The van der Waals surface area contributed by atoms with E-state index in [2.05, 4.69) is 5.32 Å². The van der Waals surface area contributed by atoms with Crippen LogP contribution in [0.4, 0.5) is 18.9 Å². The van der Waals surface area contributed by atoms with Crippen molar-refractivity contribution in [2.75, 3.05) is 17.4 Å². The van der Waals surface area contributed by atoms with Crippen LogP contribution in [0.1, 0.15) is 35.1 Å². The maximum absolute atomic E-state index is 13.5. The number of hydrogen-bond donors (Lipinski definition) is 1. The summed E-state index contributed by atoms with van der Waals surface area (Å²) in [5.41, 5.74) is 1.07. The summed E-state index contributed by atoms with van der Waals surface area (Å²) in [5.74, 6) is -0.637. The number of nitrogens with zero attached hydrogens (tertiary/aromatic N) is 2. The number of nitrogens with one attached hydrogen (secondary N) is 1. The Morgan fingerprint density at radius 3 is 2.33 bits per heavy atom. The quantitative estimate of drug-likeness (QED) is 0.414. The van der Waals surface area contributed by atoms with Crippen LogP contribution in [0.3, 0.4) is 0 Å². The minimum absolute atomic E-state index is 0.0536. The Hall–Kier alpha value is -3.86. The van der Waals surface area contributed by atoms with E-state index in [1.165, 1.54) is 18.2 Å². The molecule has 39 heavy (non-hydrogen) atoms. The van der Waals surface area contributed by atoms with Gasteiger partial charge in [-0.1, -0.05) is 48.0 Å². The summed E-state index contributed by atoms with van der Waals surface area (Å²) in [6.45, 7) is 2.14. The van der Waals surface area contributed by atoms with Crippen LogP contribution in [0, 0.1) is 6.92 Å².